The number of carbonyl (C=O) groups is 1. The van der Waals surface area contributed by atoms with Crippen LogP contribution >= 0.6 is 0 Å². The summed E-state index contributed by atoms with van der Waals surface area (Å²) in [6.07, 6.45) is 5.01. The molecule has 0 saturated heterocycles. The van der Waals surface area contributed by atoms with Crippen LogP contribution in [0.2, 0.25) is 0 Å². The van der Waals surface area contributed by atoms with Crippen LogP contribution in [0.4, 0.5) is 8.78 Å². The van der Waals surface area contributed by atoms with Crippen molar-refractivity contribution in [1.82, 2.24) is 5.32 Å². The van der Waals surface area contributed by atoms with Crippen LogP contribution in [0.25, 0.3) is 0 Å². The van der Waals surface area contributed by atoms with Crippen molar-refractivity contribution in [2.45, 2.75) is 38.7 Å². The molecular formula is C17H23F2NO3. The zero-order chi connectivity index (χ0) is 16.7. The molecule has 1 aliphatic carbocycles. The monoisotopic (exact) mass is 327 g/mol. The molecule has 2 atom stereocenters. The molecule has 4 nitrogen and oxygen atoms in total. The van der Waals surface area contributed by atoms with Gasteiger partial charge >= 0.3 is 0 Å². The lowest BCUT2D eigenvalue weighted by Gasteiger charge is -2.28. The van der Waals surface area contributed by atoms with E-state index in [0.29, 0.717) is 19.1 Å². The average molecular weight is 327 g/mol. The van der Waals surface area contributed by atoms with E-state index in [2.05, 4.69) is 12.2 Å². The first-order valence-corrected chi connectivity index (χ1v) is 8.02. The molecule has 1 aromatic rings. The molecule has 1 aromatic carbocycles. The van der Waals surface area contributed by atoms with Gasteiger partial charge in [0.15, 0.2) is 18.2 Å². The van der Waals surface area contributed by atoms with Gasteiger partial charge in [-0.3, -0.25) is 4.79 Å². The first kappa shape index (κ1) is 17.7. The molecule has 23 heavy (non-hydrogen) atoms. The second-order valence-electron chi connectivity index (χ2n) is 5.89. The number of amides is 1. The van der Waals surface area contributed by atoms with Crippen LogP contribution < -0.4 is 10.1 Å². The van der Waals surface area contributed by atoms with Gasteiger partial charge in [0, 0.05) is 12.6 Å². The van der Waals surface area contributed by atoms with E-state index in [-0.39, 0.29) is 24.4 Å². The van der Waals surface area contributed by atoms with E-state index >= 15 is 0 Å². The van der Waals surface area contributed by atoms with Crippen molar-refractivity contribution in [3.8, 4) is 5.75 Å². The van der Waals surface area contributed by atoms with E-state index in [1.54, 1.807) is 0 Å². The van der Waals surface area contributed by atoms with Gasteiger partial charge < -0.3 is 14.8 Å². The number of benzene rings is 1. The molecular weight excluding hydrogens is 304 g/mol. The number of nitrogens with one attached hydrogen (secondary N) is 1. The van der Waals surface area contributed by atoms with Gasteiger partial charge in [-0.1, -0.05) is 19.8 Å². The number of ether oxygens (including phenoxy) is 2. The lowest BCUT2D eigenvalue weighted by Crippen LogP contribution is -2.34. The Labute approximate surface area is 135 Å². The fourth-order valence-corrected chi connectivity index (χ4v) is 2.70. The van der Waals surface area contributed by atoms with Crippen molar-refractivity contribution in [2.75, 3.05) is 19.8 Å². The first-order chi connectivity index (χ1) is 11.1. The number of carbonyl (C=O) groups excluding carboxylic acids is 1. The largest absolute Gasteiger partial charge is 0.484 e. The normalized spacial score (nSPS) is 21.0. The maximum absolute atomic E-state index is 13.0. The van der Waals surface area contributed by atoms with E-state index < -0.39 is 11.6 Å². The predicted molar refractivity (Wildman–Crippen MR) is 82.2 cm³/mol. The standard InChI is InChI=1S/C17H23F2NO3/c1-12-4-2-3-5-16(12)22-9-8-20-17(21)11-23-13-6-7-14(18)15(19)10-13/h6-7,10,12,16H,2-5,8-9,11H2,1H3,(H,20,21). The van der Waals surface area contributed by atoms with Gasteiger partial charge in [-0.05, 0) is 30.9 Å². The fraction of sp³-hybridized carbons (Fsp3) is 0.588. The third kappa shape index (κ3) is 5.78. The molecule has 0 spiro atoms. The molecule has 0 aromatic heterocycles. The molecule has 0 heterocycles. The van der Waals surface area contributed by atoms with Crippen molar-refractivity contribution in [2.24, 2.45) is 5.92 Å². The van der Waals surface area contributed by atoms with Crippen LogP contribution in [0.1, 0.15) is 32.6 Å². The van der Waals surface area contributed by atoms with E-state index in [1.165, 1.54) is 25.3 Å². The van der Waals surface area contributed by atoms with Crippen molar-refractivity contribution in [1.29, 1.82) is 0 Å². The molecule has 1 N–H and O–H groups in total. The van der Waals surface area contributed by atoms with E-state index in [4.69, 9.17) is 9.47 Å². The summed E-state index contributed by atoms with van der Waals surface area (Å²) in [6, 6.07) is 3.15. The third-order valence-electron chi connectivity index (χ3n) is 4.05. The maximum atomic E-state index is 13.0. The smallest absolute Gasteiger partial charge is 0.258 e. The maximum Gasteiger partial charge on any atom is 0.258 e. The van der Waals surface area contributed by atoms with E-state index in [9.17, 15) is 13.6 Å². The van der Waals surface area contributed by atoms with Gasteiger partial charge in [0.2, 0.25) is 0 Å². The summed E-state index contributed by atoms with van der Waals surface area (Å²) in [6.45, 7) is 2.82. The summed E-state index contributed by atoms with van der Waals surface area (Å²) in [7, 11) is 0. The minimum atomic E-state index is -1.00. The van der Waals surface area contributed by atoms with Crippen molar-refractivity contribution in [3.05, 3.63) is 29.8 Å². The Kier molecular flexibility index (Phi) is 6.77. The molecule has 2 rings (SSSR count). The second-order valence-corrected chi connectivity index (χ2v) is 5.89. The van der Waals surface area contributed by atoms with E-state index in [1.807, 2.05) is 0 Å². The highest BCUT2D eigenvalue weighted by Crippen LogP contribution is 2.25. The van der Waals surface area contributed by atoms with Crippen LogP contribution in [0.15, 0.2) is 18.2 Å². The van der Waals surface area contributed by atoms with Crippen LogP contribution in [0, 0.1) is 17.6 Å². The van der Waals surface area contributed by atoms with Crippen molar-refractivity contribution < 1.29 is 23.0 Å². The lowest BCUT2D eigenvalue weighted by atomic mass is 9.88. The number of halogens is 2. The van der Waals surface area contributed by atoms with Gasteiger partial charge in [0.05, 0.1) is 12.7 Å². The van der Waals surface area contributed by atoms with Crippen LogP contribution in [0.5, 0.6) is 5.75 Å². The van der Waals surface area contributed by atoms with Crippen LogP contribution in [0.3, 0.4) is 0 Å². The third-order valence-corrected chi connectivity index (χ3v) is 4.05. The zero-order valence-corrected chi connectivity index (χ0v) is 13.3. The molecule has 1 fully saturated rings. The second kappa shape index (κ2) is 8.82. The number of hydrogen-bond acceptors (Lipinski definition) is 3. The molecule has 0 bridgehead atoms. The molecule has 6 heteroatoms. The molecule has 1 amide bonds. The van der Waals surface area contributed by atoms with Crippen molar-refractivity contribution in [3.63, 3.8) is 0 Å². The molecule has 0 radical (unpaired) electrons. The number of hydrogen-bond donors (Lipinski definition) is 1. The molecule has 0 aliphatic heterocycles. The summed E-state index contributed by atoms with van der Waals surface area (Å²) in [4.78, 5) is 11.6. The Hall–Kier alpha value is -1.69. The SMILES string of the molecule is CC1CCCCC1OCCNC(=O)COc1ccc(F)c(F)c1. The topological polar surface area (TPSA) is 47.6 Å². The highest BCUT2D eigenvalue weighted by atomic mass is 19.2. The fourth-order valence-electron chi connectivity index (χ4n) is 2.70. The molecule has 128 valence electrons. The Bertz CT molecular complexity index is 525. The van der Waals surface area contributed by atoms with Gasteiger partial charge in [-0.15, -0.1) is 0 Å². The van der Waals surface area contributed by atoms with Crippen molar-refractivity contribution >= 4 is 5.91 Å². The quantitative estimate of drug-likeness (QED) is 0.783. The Balaban J connectivity index is 1.60. The summed E-state index contributed by atoms with van der Waals surface area (Å²) >= 11 is 0. The first-order valence-electron chi connectivity index (χ1n) is 8.02. The minimum absolute atomic E-state index is 0.117. The summed E-state index contributed by atoms with van der Waals surface area (Å²) in [5.74, 6) is -1.59. The molecule has 1 saturated carbocycles. The summed E-state index contributed by atoms with van der Waals surface area (Å²) in [5.41, 5.74) is 0. The molecule has 2 unspecified atom stereocenters. The van der Waals surface area contributed by atoms with E-state index in [0.717, 1.165) is 18.6 Å². The van der Waals surface area contributed by atoms with Gasteiger partial charge in [0.25, 0.3) is 5.91 Å². The Morgan fingerprint density at radius 3 is 2.78 bits per heavy atom. The average Bonchev–Trinajstić information content (AvgIpc) is 2.54. The molecule has 1 aliphatic rings. The predicted octanol–water partition coefficient (Wildman–Crippen LogP) is 3.06. The number of rotatable bonds is 7. The highest BCUT2D eigenvalue weighted by molar-refractivity contribution is 5.77. The zero-order valence-electron chi connectivity index (χ0n) is 13.3. The summed E-state index contributed by atoms with van der Waals surface area (Å²) in [5, 5.41) is 2.68. The lowest BCUT2D eigenvalue weighted by molar-refractivity contribution is -0.123. The Morgan fingerprint density at radius 1 is 1.26 bits per heavy atom. The Morgan fingerprint density at radius 2 is 2.04 bits per heavy atom. The highest BCUT2D eigenvalue weighted by Gasteiger charge is 2.21. The van der Waals surface area contributed by atoms with Crippen LogP contribution in [-0.2, 0) is 9.53 Å². The van der Waals surface area contributed by atoms with Gasteiger partial charge in [-0.25, -0.2) is 8.78 Å². The van der Waals surface area contributed by atoms with Crippen LogP contribution in [-0.4, -0.2) is 31.8 Å². The van der Waals surface area contributed by atoms with Gasteiger partial charge in [-0.2, -0.15) is 0 Å². The minimum Gasteiger partial charge on any atom is -0.484 e. The van der Waals surface area contributed by atoms with Gasteiger partial charge in [0.1, 0.15) is 5.75 Å². The summed E-state index contributed by atoms with van der Waals surface area (Å²) < 4.78 is 36.6.